The van der Waals surface area contributed by atoms with Crippen molar-refractivity contribution >= 4 is 31.6 Å². The molecule has 4 heteroatoms. The number of carboxylic acids is 1. The number of hydrogen-bond acceptors (Lipinski definition) is 2. The first-order valence-corrected chi connectivity index (χ1v) is 9.35. The number of carboxylic acid groups (broad SMARTS) is 1. The average Bonchev–Trinajstić information content (AvgIpc) is 2.80. The molecule has 2 unspecified atom stereocenters. The summed E-state index contributed by atoms with van der Waals surface area (Å²) in [5.74, 6) is -0.674. The summed E-state index contributed by atoms with van der Waals surface area (Å²) in [4.78, 5) is 13.6. The van der Waals surface area contributed by atoms with E-state index in [9.17, 15) is 9.90 Å². The number of benzene rings is 1. The molecule has 2 aliphatic rings. The Labute approximate surface area is 126 Å². The molecule has 0 bridgehead atoms. The average molecular weight is 333 g/mol. The van der Waals surface area contributed by atoms with E-state index < -0.39 is 5.97 Å². The van der Waals surface area contributed by atoms with Crippen LogP contribution in [0.2, 0.25) is 0 Å². The van der Waals surface area contributed by atoms with Gasteiger partial charge in [-0.1, -0.05) is 0 Å². The number of hydrogen-bond donors (Lipinski definition) is 1. The predicted molar refractivity (Wildman–Crippen MR) is 82.7 cm³/mol. The first kappa shape index (κ1) is 13.9. The Morgan fingerprint density at radius 3 is 3.00 bits per heavy atom. The molecule has 0 aliphatic carbocycles. The van der Waals surface area contributed by atoms with E-state index in [-0.39, 0.29) is 28.2 Å². The van der Waals surface area contributed by atoms with Crippen LogP contribution >= 0.6 is 0 Å². The van der Waals surface area contributed by atoms with Gasteiger partial charge in [0.05, 0.1) is 0 Å². The fraction of sp³-hybridized carbons (Fsp3) is 0.438. The van der Waals surface area contributed by atoms with Gasteiger partial charge in [0.15, 0.2) is 0 Å². The Balaban J connectivity index is 1.95. The number of rotatable bonds is 4. The zero-order chi connectivity index (χ0) is 14.1. The van der Waals surface area contributed by atoms with Crippen molar-refractivity contribution in [2.45, 2.75) is 32.2 Å². The van der Waals surface area contributed by atoms with Gasteiger partial charge in [0, 0.05) is 0 Å². The van der Waals surface area contributed by atoms with Crippen molar-refractivity contribution in [2.75, 3.05) is 13.1 Å². The van der Waals surface area contributed by atoms with Gasteiger partial charge in [0.1, 0.15) is 0 Å². The van der Waals surface area contributed by atoms with Crippen LogP contribution in [-0.4, -0.2) is 50.9 Å². The number of fused-ring (bicyclic) bond motifs is 2. The standard InChI is InChI=1S/C16H20AsNO2/c1-2-8-18-9-7-12-11-5-3-4-6-13(11)17-16(12)14(18)10-15(19)20/h3-6,14,17H,2,7-10H2,1H3,(H,19,20). The van der Waals surface area contributed by atoms with Gasteiger partial charge in [0.25, 0.3) is 0 Å². The van der Waals surface area contributed by atoms with Crippen molar-refractivity contribution in [1.82, 2.24) is 4.90 Å². The van der Waals surface area contributed by atoms with Gasteiger partial charge >= 0.3 is 126 Å². The first-order chi connectivity index (χ1) is 9.70. The van der Waals surface area contributed by atoms with E-state index in [4.69, 9.17) is 0 Å². The molecule has 0 saturated heterocycles. The maximum absolute atomic E-state index is 11.2. The van der Waals surface area contributed by atoms with E-state index >= 15 is 0 Å². The molecule has 2 atom stereocenters. The van der Waals surface area contributed by atoms with E-state index in [1.54, 1.807) is 0 Å². The van der Waals surface area contributed by atoms with Crippen molar-refractivity contribution in [3.8, 4) is 0 Å². The Hall–Kier alpha value is -1.05. The second-order valence-electron chi connectivity index (χ2n) is 5.46. The van der Waals surface area contributed by atoms with Gasteiger partial charge in [-0.25, -0.2) is 0 Å². The maximum atomic E-state index is 11.2. The van der Waals surface area contributed by atoms with Crippen molar-refractivity contribution in [3.05, 3.63) is 34.2 Å². The number of carbonyl (C=O) groups is 1. The van der Waals surface area contributed by atoms with Gasteiger partial charge in [-0.2, -0.15) is 0 Å². The molecule has 0 radical (unpaired) electrons. The topological polar surface area (TPSA) is 40.5 Å². The van der Waals surface area contributed by atoms with Crippen molar-refractivity contribution in [1.29, 1.82) is 0 Å². The second-order valence-corrected chi connectivity index (χ2v) is 8.25. The van der Waals surface area contributed by atoms with Crippen molar-refractivity contribution in [2.24, 2.45) is 0 Å². The summed E-state index contributed by atoms with van der Waals surface area (Å²) in [6.07, 6.45) is 2.44. The van der Waals surface area contributed by atoms with Crippen LogP contribution in [0.1, 0.15) is 31.7 Å². The van der Waals surface area contributed by atoms with Crippen LogP contribution in [0.15, 0.2) is 28.6 Å². The van der Waals surface area contributed by atoms with E-state index in [1.165, 1.54) is 19.8 Å². The van der Waals surface area contributed by atoms with Crippen LogP contribution in [0.25, 0.3) is 5.57 Å². The molecule has 1 aromatic rings. The normalized spacial score (nSPS) is 22.9. The number of aliphatic carboxylic acids is 1. The molecule has 2 heterocycles. The van der Waals surface area contributed by atoms with Gasteiger partial charge in [0.2, 0.25) is 0 Å². The Morgan fingerprint density at radius 2 is 2.25 bits per heavy atom. The second kappa shape index (κ2) is 5.75. The monoisotopic (exact) mass is 333 g/mol. The first-order valence-electron chi connectivity index (χ1n) is 7.26. The third-order valence-corrected chi connectivity index (χ3v) is 7.53. The molecular formula is C16H20AsNO2. The molecular weight excluding hydrogens is 313 g/mol. The van der Waals surface area contributed by atoms with Crippen LogP contribution in [0.5, 0.6) is 0 Å². The quantitative estimate of drug-likeness (QED) is 0.848. The van der Waals surface area contributed by atoms with Crippen LogP contribution in [0.3, 0.4) is 0 Å². The molecule has 20 heavy (non-hydrogen) atoms. The van der Waals surface area contributed by atoms with Gasteiger partial charge < -0.3 is 0 Å². The van der Waals surface area contributed by atoms with Crippen molar-refractivity contribution < 1.29 is 9.90 Å². The van der Waals surface area contributed by atoms with Crippen LogP contribution in [0, 0.1) is 0 Å². The minimum absolute atomic E-state index is 0.142. The Morgan fingerprint density at radius 1 is 1.45 bits per heavy atom. The Bertz CT molecular complexity index is 567. The molecule has 3 nitrogen and oxygen atoms in total. The van der Waals surface area contributed by atoms with E-state index in [0.29, 0.717) is 0 Å². The number of nitrogens with zero attached hydrogens (tertiary/aromatic N) is 1. The zero-order valence-electron chi connectivity index (χ0n) is 11.7. The van der Waals surface area contributed by atoms with Gasteiger partial charge in [-0.05, 0) is 0 Å². The van der Waals surface area contributed by atoms with Crippen molar-refractivity contribution in [3.63, 3.8) is 0 Å². The van der Waals surface area contributed by atoms with E-state index in [0.717, 1.165) is 25.9 Å². The van der Waals surface area contributed by atoms with Gasteiger partial charge in [-0.3, -0.25) is 0 Å². The molecule has 0 spiro atoms. The summed E-state index contributed by atoms with van der Waals surface area (Å²) in [6, 6.07) is 8.80. The molecule has 0 saturated carbocycles. The molecule has 1 aromatic carbocycles. The molecule has 0 fully saturated rings. The SMILES string of the molecule is CCCN1CCC2=C([AsH]c3ccccc32)C1CC(=O)O. The summed E-state index contributed by atoms with van der Waals surface area (Å²) in [7, 11) is 0. The molecule has 0 amide bonds. The summed E-state index contributed by atoms with van der Waals surface area (Å²) in [6.45, 7) is 4.18. The van der Waals surface area contributed by atoms with Crippen LogP contribution < -0.4 is 4.35 Å². The Kier molecular flexibility index (Phi) is 4.00. The predicted octanol–water partition coefficient (Wildman–Crippen LogP) is 1.43. The molecule has 0 aromatic heterocycles. The van der Waals surface area contributed by atoms with Crippen LogP contribution in [-0.2, 0) is 4.79 Å². The molecule has 106 valence electrons. The summed E-state index contributed by atoms with van der Waals surface area (Å²) in [5, 5.41) is 9.25. The third-order valence-electron chi connectivity index (χ3n) is 4.15. The fourth-order valence-corrected chi connectivity index (χ4v) is 6.89. The minimum atomic E-state index is -0.674. The summed E-state index contributed by atoms with van der Waals surface area (Å²) in [5.41, 5.74) is 2.88. The summed E-state index contributed by atoms with van der Waals surface area (Å²) >= 11 is -0.326. The van der Waals surface area contributed by atoms with E-state index in [1.807, 2.05) is 0 Å². The van der Waals surface area contributed by atoms with Crippen LogP contribution in [0.4, 0.5) is 0 Å². The fourth-order valence-electron chi connectivity index (χ4n) is 3.32. The third kappa shape index (κ3) is 2.45. The van der Waals surface area contributed by atoms with Gasteiger partial charge in [-0.15, -0.1) is 0 Å². The van der Waals surface area contributed by atoms with E-state index in [2.05, 4.69) is 36.1 Å². The molecule has 3 rings (SSSR count). The molecule has 1 N–H and O–H groups in total. The zero-order valence-corrected chi connectivity index (χ0v) is 13.8. The molecule has 2 aliphatic heterocycles. The summed E-state index contributed by atoms with van der Waals surface area (Å²) < 4.78 is 2.97.